The molecule has 2 aromatic heterocycles. The molecule has 1 aromatic carbocycles. The molecule has 0 bridgehead atoms. The van der Waals surface area contributed by atoms with E-state index in [1.807, 2.05) is 24.3 Å². The number of nitrogens with zero attached hydrogens (tertiary/aromatic N) is 3. The Bertz CT molecular complexity index is 856. The monoisotopic (exact) mass is 417 g/mol. The summed E-state index contributed by atoms with van der Waals surface area (Å²) in [6.45, 7) is 0.433. The Labute approximate surface area is 158 Å². The van der Waals surface area contributed by atoms with Crippen LogP contribution in [0.5, 0.6) is 5.75 Å². The van der Waals surface area contributed by atoms with Crippen molar-refractivity contribution in [2.45, 2.75) is 12.8 Å². The van der Waals surface area contributed by atoms with Crippen molar-refractivity contribution >= 4 is 27.9 Å². The Balaban J connectivity index is 1.38. The number of hydrogen-bond donors (Lipinski definition) is 2. The van der Waals surface area contributed by atoms with E-state index in [2.05, 4.69) is 41.9 Å². The van der Waals surface area contributed by atoms with Crippen LogP contribution in [0.1, 0.15) is 12.8 Å². The second-order valence-corrected chi connectivity index (χ2v) is 6.07. The van der Waals surface area contributed by atoms with E-state index in [1.165, 1.54) is 0 Å². The third kappa shape index (κ3) is 5.03. The summed E-state index contributed by atoms with van der Waals surface area (Å²) in [7, 11) is 0. The van der Waals surface area contributed by atoms with Crippen molar-refractivity contribution in [2.75, 3.05) is 12.0 Å². The summed E-state index contributed by atoms with van der Waals surface area (Å²) >= 11 is 3.41. The lowest BCUT2D eigenvalue weighted by molar-refractivity contribution is -0.120. The number of hydrazine groups is 1. The van der Waals surface area contributed by atoms with E-state index in [9.17, 15) is 4.79 Å². The average molecular weight is 418 g/mol. The van der Waals surface area contributed by atoms with E-state index in [4.69, 9.17) is 9.26 Å². The Kier molecular flexibility index (Phi) is 6.15. The van der Waals surface area contributed by atoms with E-state index < -0.39 is 0 Å². The number of benzene rings is 1. The van der Waals surface area contributed by atoms with Crippen LogP contribution < -0.4 is 15.6 Å². The third-order valence-electron chi connectivity index (χ3n) is 3.32. The van der Waals surface area contributed by atoms with Gasteiger partial charge in [0.05, 0.1) is 11.1 Å². The summed E-state index contributed by atoms with van der Waals surface area (Å²) in [5, 5.41) is 3.83. The maximum atomic E-state index is 11.8. The molecule has 134 valence electrons. The van der Waals surface area contributed by atoms with E-state index in [1.54, 1.807) is 24.5 Å². The molecular weight excluding hydrogens is 402 g/mol. The van der Waals surface area contributed by atoms with Crippen LogP contribution in [0.15, 0.2) is 57.8 Å². The van der Waals surface area contributed by atoms with E-state index in [0.29, 0.717) is 25.3 Å². The van der Waals surface area contributed by atoms with Crippen molar-refractivity contribution in [3.8, 4) is 17.1 Å². The molecule has 26 heavy (non-hydrogen) atoms. The fourth-order valence-electron chi connectivity index (χ4n) is 2.05. The first-order valence-electron chi connectivity index (χ1n) is 7.88. The molecule has 2 heterocycles. The summed E-state index contributed by atoms with van der Waals surface area (Å²) in [5.41, 5.74) is 5.88. The van der Waals surface area contributed by atoms with Crippen molar-refractivity contribution < 1.29 is 14.1 Å². The average Bonchev–Trinajstić information content (AvgIpc) is 3.15. The zero-order valence-electron chi connectivity index (χ0n) is 13.7. The molecule has 0 aliphatic rings. The van der Waals surface area contributed by atoms with Gasteiger partial charge in [0, 0.05) is 24.4 Å². The van der Waals surface area contributed by atoms with Crippen LogP contribution >= 0.6 is 15.9 Å². The van der Waals surface area contributed by atoms with Gasteiger partial charge in [0.15, 0.2) is 0 Å². The summed E-state index contributed by atoms with van der Waals surface area (Å²) in [4.78, 5) is 19.9. The second kappa shape index (κ2) is 8.95. The number of carbonyl (C=O) groups excluding carboxylic acids is 1. The molecule has 0 fully saturated rings. The van der Waals surface area contributed by atoms with Gasteiger partial charge in [0.1, 0.15) is 5.75 Å². The van der Waals surface area contributed by atoms with Gasteiger partial charge < -0.3 is 9.26 Å². The van der Waals surface area contributed by atoms with E-state index in [0.717, 1.165) is 15.8 Å². The highest BCUT2D eigenvalue weighted by molar-refractivity contribution is 9.10. The van der Waals surface area contributed by atoms with Crippen LogP contribution in [0.4, 0.5) is 6.01 Å². The zero-order chi connectivity index (χ0) is 18.2. The molecule has 0 saturated heterocycles. The molecule has 0 saturated carbocycles. The smallest absolute Gasteiger partial charge is 0.340 e. The Morgan fingerprint density at radius 1 is 1.19 bits per heavy atom. The highest BCUT2D eigenvalue weighted by atomic mass is 79.9. The number of anilines is 1. The first kappa shape index (κ1) is 17.9. The third-order valence-corrected chi connectivity index (χ3v) is 3.97. The van der Waals surface area contributed by atoms with Crippen LogP contribution in [0, 0.1) is 0 Å². The molecule has 0 spiro atoms. The maximum absolute atomic E-state index is 11.8. The molecule has 0 aliphatic carbocycles. The number of para-hydroxylation sites is 1. The number of ether oxygens (including phenoxy) is 1. The minimum absolute atomic E-state index is 0.106. The molecule has 2 N–H and O–H groups in total. The Hall–Kier alpha value is -2.94. The zero-order valence-corrected chi connectivity index (χ0v) is 15.3. The van der Waals surface area contributed by atoms with Gasteiger partial charge in [-0.3, -0.25) is 15.2 Å². The highest BCUT2D eigenvalue weighted by Gasteiger charge is 2.09. The molecule has 0 aliphatic heterocycles. The topological polar surface area (TPSA) is 102 Å². The number of rotatable bonds is 8. The molecule has 8 nitrogen and oxygen atoms in total. The molecule has 3 rings (SSSR count). The van der Waals surface area contributed by atoms with Crippen LogP contribution in [0.25, 0.3) is 11.4 Å². The van der Waals surface area contributed by atoms with Crippen molar-refractivity contribution in [1.82, 2.24) is 20.6 Å². The molecular formula is C17H16BrN5O3. The van der Waals surface area contributed by atoms with Crippen molar-refractivity contribution in [2.24, 2.45) is 0 Å². The number of pyridine rings is 1. The highest BCUT2D eigenvalue weighted by Crippen LogP contribution is 2.23. The normalized spacial score (nSPS) is 10.3. The fraction of sp³-hybridized carbons (Fsp3) is 0.176. The van der Waals surface area contributed by atoms with Crippen LogP contribution in [0.3, 0.4) is 0 Å². The predicted octanol–water partition coefficient (Wildman–Crippen LogP) is 3.20. The number of hydrogen-bond acceptors (Lipinski definition) is 7. The number of halogens is 1. The lowest BCUT2D eigenvalue weighted by Crippen LogP contribution is -2.29. The molecule has 0 unspecified atom stereocenters. The van der Waals surface area contributed by atoms with Gasteiger partial charge in [-0.1, -0.05) is 17.3 Å². The maximum Gasteiger partial charge on any atom is 0.340 e. The van der Waals surface area contributed by atoms with Crippen molar-refractivity contribution in [1.29, 1.82) is 0 Å². The standard InChI is InChI=1S/C17H16BrN5O3/c18-13-4-1-2-5-14(13)25-11-3-6-15(24)21-22-17-20-16(23-26-17)12-7-9-19-10-8-12/h1-2,4-5,7-10H,3,6,11H2,(H,21,24)(H,20,22,23). The number of aromatic nitrogens is 3. The SMILES string of the molecule is O=C(CCCOc1ccccc1Br)NNc1nc(-c2ccncc2)no1. The Morgan fingerprint density at radius 3 is 2.81 bits per heavy atom. The summed E-state index contributed by atoms with van der Waals surface area (Å²) in [6, 6.07) is 11.2. The number of carbonyl (C=O) groups is 1. The second-order valence-electron chi connectivity index (χ2n) is 5.21. The fourth-order valence-corrected chi connectivity index (χ4v) is 2.45. The molecule has 3 aromatic rings. The van der Waals surface area contributed by atoms with Gasteiger partial charge in [-0.25, -0.2) is 5.43 Å². The largest absolute Gasteiger partial charge is 0.492 e. The quantitative estimate of drug-likeness (QED) is 0.428. The van der Waals surface area contributed by atoms with Crippen LogP contribution in [-0.2, 0) is 4.79 Å². The predicted molar refractivity (Wildman–Crippen MR) is 98.2 cm³/mol. The van der Waals surface area contributed by atoms with Gasteiger partial charge in [-0.15, -0.1) is 0 Å². The van der Waals surface area contributed by atoms with Gasteiger partial charge in [-0.05, 0) is 46.6 Å². The van der Waals surface area contributed by atoms with Crippen molar-refractivity contribution in [3.05, 3.63) is 53.3 Å². The van der Waals surface area contributed by atoms with Gasteiger partial charge in [0.2, 0.25) is 11.7 Å². The summed E-state index contributed by atoms with van der Waals surface area (Å²) in [5.74, 6) is 0.955. The summed E-state index contributed by atoms with van der Waals surface area (Å²) < 4.78 is 11.5. The molecule has 0 radical (unpaired) electrons. The Morgan fingerprint density at radius 2 is 2.00 bits per heavy atom. The van der Waals surface area contributed by atoms with Gasteiger partial charge >= 0.3 is 6.01 Å². The lowest BCUT2D eigenvalue weighted by Gasteiger charge is -2.08. The van der Waals surface area contributed by atoms with Crippen LogP contribution in [-0.4, -0.2) is 27.6 Å². The number of amides is 1. The minimum atomic E-state index is -0.204. The number of nitrogens with one attached hydrogen (secondary N) is 2. The van der Waals surface area contributed by atoms with Crippen molar-refractivity contribution in [3.63, 3.8) is 0 Å². The first-order valence-corrected chi connectivity index (χ1v) is 8.68. The molecule has 1 amide bonds. The van der Waals surface area contributed by atoms with Gasteiger partial charge in [0.25, 0.3) is 0 Å². The van der Waals surface area contributed by atoms with Gasteiger partial charge in [-0.2, -0.15) is 4.98 Å². The van der Waals surface area contributed by atoms with E-state index >= 15 is 0 Å². The minimum Gasteiger partial charge on any atom is -0.492 e. The molecule has 0 atom stereocenters. The van der Waals surface area contributed by atoms with Crippen LogP contribution in [0.2, 0.25) is 0 Å². The van der Waals surface area contributed by atoms with E-state index in [-0.39, 0.29) is 11.9 Å². The first-order chi connectivity index (χ1) is 12.7. The lowest BCUT2D eigenvalue weighted by atomic mass is 10.3. The molecule has 9 heteroatoms. The summed E-state index contributed by atoms with van der Waals surface area (Å²) in [6.07, 6.45) is 4.14.